The second-order valence-corrected chi connectivity index (χ2v) is 7.03. The number of hydrogen-bond acceptors (Lipinski definition) is 4. The Labute approximate surface area is 145 Å². The number of halogens is 1. The lowest BCUT2D eigenvalue weighted by Gasteiger charge is -1.95. The lowest BCUT2D eigenvalue weighted by Crippen LogP contribution is -2.17. The molecule has 0 atom stereocenters. The van der Waals surface area contributed by atoms with Crippen LogP contribution in [0.15, 0.2) is 52.0 Å². The molecule has 0 aliphatic rings. The largest absolute Gasteiger partial charge is 0.291 e. The van der Waals surface area contributed by atoms with E-state index in [0.29, 0.717) is 5.69 Å². The van der Waals surface area contributed by atoms with Crippen LogP contribution in [0.1, 0.15) is 20.9 Å². The predicted molar refractivity (Wildman–Crippen MR) is 95.8 cm³/mol. The molecule has 1 aromatic carbocycles. The molecule has 5 nitrogen and oxygen atoms in total. The smallest absolute Gasteiger partial charge is 0.276 e. The highest BCUT2D eigenvalue weighted by atomic mass is 79.9. The van der Waals surface area contributed by atoms with Crippen LogP contribution in [0, 0.1) is 6.92 Å². The number of H-pyrrole nitrogens is 1. The van der Waals surface area contributed by atoms with E-state index in [9.17, 15) is 4.79 Å². The topological polar surface area (TPSA) is 70.1 Å². The van der Waals surface area contributed by atoms with Crippen LogP contribution in [-0.2, 0) is 0 Å². The van der Waals surface area contributed by atoms with E-state index in [0.717, 1.165) is 20.6 Å². The summed E-state index contributed by atoms with van der Waals surface area (Å²) in [5, 5.41) is 10.8. The highest BCUT2D eigenvalue weighted by molar-refractivity contribution is 9.10. The zero-order valence-corrected chi connectivity index (χ0v) is 14.6. The van der Waals surface area contributed by atoms with Crippen molar-refractivity contribution >= 4 is 39.4 Å². The van der Waals surface area contributed by atoms with E-state index >= 15 is 0 Å². The van der Waals surface area contributed by atoms with Gasteiger partial charge in [0.15, 0.2) is 5.69 Å². The van der Waals surface area contributed by atoms with Crippen molar-refractivity contribution in [3.8, 4) is 10.6 Å². The number of carbonyl (C=O) groups excluding carboxylic acids is 1. The van der Waals surface area contributed by atoms with Crippen molar-refractivity contribution in [2.45, 2.75) is 6.92 Å². The zero-order valence-electron chi connectivity index (χ0n) is 12.2. The van der Waals surface area contributed by atoms with Crippen LogP contribution in [0.3, 0.4) is 0 Å². The van der Waals surface area contributed by atoms with Gasteiger partial charge in [-0.25, -0.2) is 5.43 Å². The van der Waals surface area contributed by atoms with Crippen molar-refractivity contribution in [3.63, 3.8) is 0 Å². The van der Waals surface area contributed by atoms with Crippen molar-refractivity contribution < 1.29 is 4.79 Å². The number of aryl methyl sites for hydroxylation is 1. The maximum Gasteiger partial charge on any atom is 0.291 e. The summed E-state index contributed by atoms with van der Waals surface area (Å²) in [5.41, 5.74) is 4.49. The fraction of sp³-hybridized carbons (Fsp3) is 0.0625. The number of nitrogens with one attached hydrogen (secondary N) is 2. The second-order valence-electron chi connectivity index (χ2n) is 4.83. The van der Waals surface area contributed by atoms with Crippen LogP contribution < -0.4 is 5.43 Å². The molecule has 0 radical (unpaired) electrons. The summed E-state index contributed by atoms with van der Waals surface area (Å²) in [5.74, 6) is -0.353. The Balaban J connectivity index is 1.64. The van der Waals surface area contributed by atoms with E-state index < -0.39 is 0 Å². The third kappa shape index (κ3) is 3.94. The molecular formula is C16H13BrN4OS. The number of aromatic nitrogens is 2. The zero-order chi connectivity index (χ0) is 16.2. The van der Waals surface area contributed by atoms with E-state index in [1.165, 1.54) is 4.88 Å². The van der Waals surface area contributed by atoms with Gasteiger partial charge in [-0.05, 0) is 42.8 Å². The number of hydrazone groups is 1. The summed E-state index contributed by atoms with van der Waals surface area (Å²) in [7, 11) is 0. The second kappa shape index (κ2) is 6.89. The first kappa shape index (κ1) is 15.6. The molecule has 2 aromatic heterocycles. The van der Waals surface area contributed by atoms with Crippen LogP contribution in [0.25, 0.3) is 10.6 Å². The lowest BCUT2D eigenvalue weighted by molar-refractivity contribution is 0.0950. The number of carbonyl (C=O) groups is 1. The number of benzene rings is 1. The maximum atomic E-state index is 12.0. The van der Waals surface area contributed by atoms with Crippen LogP contribution in [0.5, 0.6) is 0 Å². The van der Waals surface area contributed by atoms with Crippen LogP contribution in [-0.4, -0.2) is 22.3 Å². The third-order valence-electron chi connectivity index (χ3n) is 3.07. The molecule has 2 N–H and O–H groups in total. The number of rotatable bonds is 4. The Morgan fingerprint density at radius 1 is 1.30 bits per heavy atom. The minimum Gasteiger partial charge on any atom is -0.276 e. The minimum absolute atomic E-state index is 0.305. The fourth-order valence-electron chi connectivity index (χ4n) is 1.92. The first-order valence-electron chi connectivity index (χ1n) is 6.83. The molecule has 0 bridgehead atoms. The molecule has 1 amide bonds. The van der Waals surface area contributed by atoms with Crippen LogP contribution >= 0.6 is 27.3 Å². The molecule has 2 heterocycles. The van der Waals surface area contributed by atoms with E-state index in [4.69, 9.17) is 0 Å². The first-order valence-corrected chi connectivity index (χ1v) is 8.44. The van der Waals surface area contributed by atoms with Crippen LogP contribution in [0.2, 0.25) is 0 Å². The summed E-state index contributed by atoms with van der Waals surface area (Å²) in [4.78, 5) is 14.3. The molecule has 23 heavy (non-hydrogen) atoms. The van der Waals surface area contributed by atoms with E-state index in [1.807, 2.05) is 43.3 Å². The van der Waals surface area contributed by atoms with E-state index in [-0.39, 0.29) is 5.91 Å². The summed E-state index contributed by atoms with van der Waals surface area (Å²) < 4.78 is 0.992. The van der Waals surface area contributed by atoms with Gasteiger partial charge in [-0.2, -0.15) is 10.2 Å². The lowest BCUT2D eigenvalue weighted by atomic mass is 10.2. The standard InChI is InChI=1S/C16H13BrN4OS/c1-10-2-7-15(23-10)13-8-14(20-19-13)16(22)21-18-9-11-3-5-12(17)6-4-11/h2-9H,1H3,(H,19,20)(H,21,22)/b18-9+. The molecule has 0 unspecified atom stereocenters. The van der Waals surface area contributed by atoms with Gasteiger partial charge in [0.1, 0.15) is 0 Å². The Morgan fingerprint density at radius 2 is 2.09 bits per heavy atom. The monoisotopic (exact) mass is 388 g/mol. The van der Waals surface area contributed by atoms with Gasteiger partial charge in [-0.1, -0.05) is 28.1 Å². The summed E-state index contributed by atoms with van der Waals surface area (Å²) in [6, 6.07) is 13.4. The Hall–Kier alpha value is -2.25. The van der Waals surface area contributed by atoms with Crippen molar-refractivity contribution in [1.82, 2.24) is 15.6 Å². The van der Waals surface area contributed by atoms with Gasteiger partial charge in [0, 0.05) is 9.35 Å². The molecule has 3 rings (SSSR count). The molecule has 0 fully saturated rings. The SMILES string of the molecule is Cc1ccc(-c2cc(C(=O)N/N=C/c3ccc(Br)cc3)n[nH]2)s1. The molecule has 0 spiro atoms. The van der Waals surface area contributed by atoms with Crippen LogP contribution in [0.4, 0.5) is 0 Å². The molecular weight excluding hydrogens is 376 g/mol. The average Bonchev–Trinajstić information content (AvgIpc) is 3.18. The molecule has 7 heteroatoms. The van der Waals surface area contributed by atoms with Gasteiger partial charge in [-0.3, -0.25) is 9.89 Å². The molecule has 0 aliphatic carbocycles. The normalized spacial score (nSPS) is 11.0. The Morgan fingerprint density at radius 3 is 2.78 bits per heavy atom. The van der Waals surface area contributed by atoms with E-state index in [1.54, 1.807) is 23.6 Å². The van der Waals surface area contributed by atoms with E-state index in [2.05, 4.69) is 36.7 Å². The summed E-state index contributed by atoms with van der Waals surface area (Å²) >= 11 is 5.01. The first-order chi connectivity index (χ1) is 11.1. The molecule has 0 aliphatic heterocycles. The van der Waals surface area contributed by atoms with Crippen molar-refractivity contribution in [1.29, 1.82) is 0 Å². The Kier molecular flexibility index (Phi) is 4.68. The van der Waals surface area contributed by atoms with Gasteiger partial charge in [0.05, 0.1) is 16.8 Å². The quantitative estimate of drug-likeness (QED) is 0.524. The van der Waals surface area contributed by atoms with Gasteiger partial charge in [0.25, 0.3) is 5.91 Å². The molecule has 3 aromatic rings. The van der Waals surface area contributed by atoms with Gasteiger partial charge in [-0.15, -0.1) is 11.3 Å². The highest BCUT2D eigenvalue weighted by Crippen LogP contribution is 2.26. The van der Waals surface area contributed by atoms with Crippen molar-refractivity contribution in [3.05, 3.63) is 63.1 Å². The number of hydrogen-bond donors (Lipinski definition) is 2. The Bertz CT molecular complexity index is 851. The van der Waals surface area contributed by atoms with Gasteiger partial charge >= 0.3 is 0 Å². The van der Waals surface area contributed by atoms with Gasteiger partial charge < -0.3 is 0 Å². The number of nitrogens with zero attached hydrogens (tertiary/aromatic N) is 2. The summed E-state index contributed by atoms with van der Waals surface area (Å²) in [6.45, 7) is 2.04. The number of thiophene rings is 1. The van der Waals surface area contributed by atoms with Gasteiger partial charge in [0.2, 0.25) is 0 Å². The maximum absolute atomic E-state index is 12.0. The number of amides is 1. The van der Waals surface area contributed by atoms with Crippen molar-refractivity contribution in [2.24, 2.45) is 5.10 Å². The predicted octanol–water partition coefficient (Wildman–Crippen LogP) is 3.97. The minimum atomic E-state index is -0.353. The highest BCUT2D eigenvalue weighted by Gasteiger charge is 2.11. The molecule has 116 valence electrons. The summed E-state index contributed by atoms with van der Waals surface area (Å²) in [6.07, 6.45) is 1.58. The molecule has 0 saturated heterocycles. The average molecular weight is 389 g/mol. The fourth-order valence-corrected chi connectivity index (χ4v) is 3.01. The third-order valence-corrected chi connectivity index (χ3v) is 4.63. The molecule has 0 saturated carbocycles. The number of aromatic amines is 1. The van der Waals surface area contributed by atoms with Crippen molar-refractivity contribution in [2.75, 3.05) is 0 Å².